The third-order valence-corrected chi connectivity index (χ3v) is 2.54. The van der Waals surface area contributed by atoms with E-state index >= 15 is 0 Å². The molecule has 0 aromatic carbocycles. The number of carbonyl (C=O) groups is 2. The highest BCUT2D eigenvalue weighted by Crippen LogP contribution is 2.21. The fraction of sp³-hybridized carbons (Fsp3) is 0.778. The van der Waals surface area contributed by atoms with Crippen molar-refractivity contribution in [3.05, 3.63) is 0 Å². The van der Waals surface area contributed by atoms with Gasteiger partial charge < -0.3 is 15.7 Å². The Hall–Kier alpha value is -1.10. The molecule has 0 aromatic heterocycles. The van der Waals surface area contributed by atoms with Crippen LogP contribution in [0, 0.1) is 5.92 Å². The van der Waals surface area contributed by atoms with E-state index in [0.29, 0.717) is 6.54 Å². The van der Waals surface area contributed by atoms with E-state index in [-0.39, 0.29) is 18.4 Å². The van der Waals surface area contributed by atoms with Crippen molar-refractivity contribution in [2.75, 3.05) is 19.6 Å². The molecule has 1 aliphatic rings. The second-order valence-electron chi connectivity index (χ2n) is 3.63. The lowest BCUT2D eigenvalue weighted by Crippen LogP contribution is -2.50. The van der Waals surface area contributed by atoms with Gasteiger partial charge in [0.15, 0.2) is 0 Å². The molecule has 0 aromatic rings. The molecule has 1 fully saturated rings. The Labute approximate surface area is 82.9 Å². The predicted molar refractivity (Wildman–Crippen MR) is 49.3 cm³/mol. The Morgan fingerprint density at radius 3 is 2.93 bits per heavy atom. The van der Waals surface area contributed by atoms with Crippen molar-refractivity contribution in [1.29, 1.82) is 0 Å². The van der Waals surface area contributed by atoms with Crippen molar-refractivity contribution < 1.29 is 20.4 Å². The Kier molecular flexibility index (Phi) is 3.88. The molecule has 0 radical (unpaired) electrons. The van der Waals surface area contributed by atoms with Crippen LogP contribution in [-0.2, 0) is 9.59 Å². The summed E-state index contributed by atoms with van der Waals surface area (Å²) >= 11 is 0. The smallest absolute Gasteiger partial charge is 0.323 e. The molecule has 0 saturated carbocycles. The van der Waals surface area contributed by atoms with Gasteiger partial charge in [0.25, 0.3) is 0 Å². The van der Waals surface area contributed by atoms with Crippen molar-refractivity contribution >= 4 is 11.9 Å². The molecule has 4 N–H and O–H groups in total. The van der Waals surface area contributed by atoms with Crippen LogP contribution >= 0.6 is 0 Å². The number of hydrogen-bond donors (Lipinski definition) is 2. The molecular formula is C9H17N2O3+. The average Bonchev–Trinajstić information content (AvgIpc) is 2.45. The van der Waals surface area contributed by atoms with Crippen LogP contribution in [0.5, 0.6) is 0 Å². The number of carbonyl (C=O) groups excluding carboxylic acids is 1. The molecular weight excluding hydrogens is 184 g/mol. The summed E-state index contributed by atoms with van der Waals surface area (Å²) in [6, 6.07) is 0. The van der Waals surface area contributed by atoms with Gasteiger partial charge in [-0.05, 0) is 19.3 Å². The van der Waals surface area contributed by atoms with Crippen molar-refractivity contribution in [1.82, 2.24) is 4.90 Å². The molecule has 1 rings (SSSR count). The van der Waals surface area contributed by atoms with Crippen LogP contribution < -0.4 is 5.73 Å². The van der Waals surface area contributed by atoms with Crippen LogP contribution in [-0.4, -0.2) is 41.5 Å². The fourth-order valence-corrected chi connectivity index (χ4v) is 1.78. The first-order valence-electron chi connectivity index (χ1n) is 4.95. The lowest BCUT2D eigenvalue weighted by atomic mass is 10.0. The van der Waals surface area contributed by atoms with E-state index in [2.05, 4.69) is 5.73 Å². The normalized spacial score (nSPS) is 21.6. The second-order valence-corrected chi connectivity index (χ2v) is 3.63. The van der Waals surface area contributed by atoms with E-state index in [1.54, 1.807) is 0 Å². The van der Waals surface area contributed by atoms with Crippen LogP contribution in [0.15, 0.2) is 0 Å². The highest BCUT2D eigenvalue weighted by atomic mass is 16.4. The maximum absolute atomic E-state index is 11.6. The molecule has 1 heterocycles. The number of aliphatic carboxylic acids is 1. The van der Waals surface area contributed by atoms with Crippen molar-refractivity contribution in [2.45, 2.75) is 19.3 Å². The monoisotopic (exact) mass is 201 g/mol. The standard InChI is InChI=1S/C9H16N2O3/c10-4-1-2-7-3-5-11(9(7)14)6-8(12)13/h7H,1-6,10H2,(H,12,13)/p+1/t7-/m0/s1. The van der Waals surface area contributed by atoms with Gasteiger partial charge in [-0.25, -0.2) is 0 Å². The van der Waals surface area contributed by atoms with Crippen LogP contribution in [0.25, 0.3) is 0 Å². The summed E-state index contributed by atoms with van der Waals surface area (Å²) in [4.78, 5) is 23.4. The maximum Gasteiger partial charge on any atom is 0.323 e. The number of nitrogens with zero attached hydrogens (tertiary/aromatic N) is 1. The molecule has 1 atom stereocenters. The SMILES string of the molecule is [NH3+]CCC[C@H]1CCN(CC(=O)O)C1=O. The Morgan fingerprint density at radius 1 is 1.64 bits per heavy atom. The zero-order valence-electron chi connectivity index (χ0n) is 8.24. The summed E-state index contributed by atoms with van der Waals surface area (Å²) < 4.78 is 0. The number of carboxylic acid groups (broad SMARTS) is 1. The first-order valence-corrected chi connectivity index (χ1v) is 4.95. The zero-order chi connectivity index (χ0) is 10.6. The summed E-state index contributed by atoms with van der Waals surface area (Å²) in [5, 5.41) is 8.55. The number of rotatable bonds is 5. The first-order chi connectivity index (χ1) is 6.65. The van der Waals surface area contributed by atoms with Gasteiger partial charge in [0, 0.05) is 12.5 Å². The van der Waals surface area contributed by atoms with Crippen molar-refractivity contribution in [2.24, 2.45) is 5.92 Å². The molecule has 1 aliphatic heterocycles. The van der Waals surface area contributed by atoms with Gasteiger partial charge >= 0.3 is 5.97 Å². The summed E-state index contributed by atoms with van der Waals surface area (Å²) in [5.41, 5.74) is 3.72. The molecule has 0 bridgehead atoms. The second kappa shape index (κ2) is 4.95. The van der Waals surface area contributed by atoms with Gasteiger partial charge in [0.1, 0.15) is 6.54 Å². The summed E-state index contributed by atoms with van der Waals surface area (Å²) in [6.07, 6.45) is 2.59. The molecule has 14 heavy (non-hydrogen) atoms. The van der Waals surface area contributed by atoms with Crippen LogP contribution in [0.1, 0.15) is 19.3 Å². The molecule has 80 valence electrons. The maximum atomic E-state index is 11.6. The molecule has 0 unspecified atom stereocenters. The van der Waals surface area contributed by atoms with Gasteiger partial charge in [-0.2, -0.15) is 0 Å². The lowest BCUT2D eigenvalue weighted by Gasteiger charge is -2.13. The molecule has 1 saturated heterocycles. The van der Waals surface area contributed by atoms with Crippen LogP contribution in [0.3, 0.4) is 0 Å². The summed E-state index contributed by atoms with van der Waals surface area (Å²) in [6.45, 7) is 1.27. The summed E-state index contributed by atoms with van der Waals surface area (Å²) in [7, 11) is 0. The largest absolute Gasteiger partial charge is 0.480 e. The number of likely N-dealkylation sites (tertiary alicyclic amines) is 1. The van der Waals surface area contributed by atoms with E-state index in [1.807, 2.05) is 0 Å². The minimum Gasteiger partial charge on any atom is -0.480 e. The number of quaternary nitrogens is 1. The average molecular weight is 201 g/mol. The third-order valence-electron chi connectivity index (χ3n) is 2.54. The molecule has 0 spiro atoms. The zero-order valence-corrected chi connectivity index (χ0v) is 8.24. The first kappa shape index (κ1) is 11.0. The highest BCUT2D eigenvalue weighted by Gasteiger charge is 2.31. The minimum atomic E-state index is -0.934. The fourth-order valence-electron chi connectivity index (χ4n) is 1.78. The van der Waals surface area contributed by atoms with Gasteiger partial charge in [-0.15, -0.1) is 0 Å². The van der Waals surface area contributed by atoms with Crippen molar-refractivity contribution in [3.8, 4) is 0 Å². The topological polar surface area (TPSA) is 85.2 Å². The van der Waals surface area contributed by atoms with Gasteiger partial charge in [-0.3, -0.25) is 9.59 Å². The summed E-state index contributed by atoms with van der Waals surface area (Å²) in [5.74, 6) is -0.895. The van der Waals surface area contributed by atoms with Gasteiger partial charge in [-0.1, -0.05) is 0 Å². The van der Waals surface area contributed by atoms with Crippen LogP contribution in [0.2, 0.25) is 0 Å². The van der Waals surface area contributed by atoms with E-state index < -0.39 is 5.97 Å². The highest BCUT2D eigenvalue weighted by molar-refractivity contribution is 5.84. The Balaban J connectivity index is 2.39. The van der Waals surface area contributed by atoms with E-state index in [1.165, 1.54) is 4.90 Å². The van der Waals surface area contributed by atoms with Gasteiger partial charge in [0.05, 0.1) is 6.54 Å². The lowest BCUT2D eigenvalue weighted by molar-refractivity contribution is -0.368. The van der Waals surface area contributed by atoms with E-state index in [0.717, 1.165) is 25.8 Å². The van der Waals surface area contributed by atoms with Gasteiger partial charge in [0.2, 0.25) is 5.91 Å². The van der Waals surface area contributed by atoms with Crippen molar-refractivity contribution in [3.63, 3.8) is 0 Å². The Morgan fingerprint density at radius 2 is 2.36 bits per heavy atom. The van der Waals surface area contributed by atoms with Crippen LogP contribution in [0.4, 0.5) is 0 Å². The quantitative estimate of drug-likeness (QED) is 0.594. The number of carboxylic acids is 1. The number of amides is 1. The predicted octanol–water partition coefficient (Wildman–Crippen LogP) is -1.06. The van der Waals surface area contributed by atoms with E-state index in [4.69, 9.17) is 5.11 Å². The van der Waals surface area contributed by atoms with E-state index in [9.17, 15) is 9.59 Å². The minimum absolute atomic E-state index is 0.000787. The Bertz CT molecular complexity index is 230. The molecule has 1 amide bonds. The number of hydrogen-bond acceptors (Lipinski definition) is 2. The molecule has 5 nitrogen and oxygen atoms in total. The third kappa shape index (κ3) is 2.70. The molecule has 0 aliphatic carbocycles. The molecule has 5 heteroatoms.